The van der Waals surface area contributed by atoms with Gasteiger partial charge in [0.1, 0.15) is 28.7 Å². The van der Waals surface area contributed by atoms with E-state index in [1.165, 1.54) is 64.8 Å². The fourth-order valence-electron chi connectivity index (χ4n) is 6.64. The number of hydrogen-bond donors (Lipinski definition) is 1. The molecule has 4 atom stereocenters. The van der Waals surface area contributed by atoms with Gasteiger partial charge >= 0.3 is 5.91 Å². The van der Waals surface area contributed by atoms with Crippen molar-refractivity contribution in [3.8, 4) is 17.2 Å². The summed E-state index contributed by atoms with van der Waals surface area (Å²) in [5, 5.41) is 2.81. The Balaban J connectivity index is 1.90. The predicted molar refractivity (Wildman–Crippen MR) is 158 cm³/mol. The lowest BCUT2D eigenvalue weighted by Gasteiger charge is -2.48. The molecule has 2 aliphatic heterocycles. The third-order valence-corrected chi connectivity index (χ3v) is 10.5. The zero-order valence-electron chi connectivity index (χ0n) is 24.3. The first kappa shape index (κ1) is 30.6. The van der Waals surface area contributed by atoms with Gasteiger partial charge in [0.2, 0.25) is 5.54 Å². The first-order valence-corrected chi connectivity index (χ1v) is 15.2. The maximum Gasteiger partial charge on any atom is 0.312 e. The van der Waals surface area contributed by atoms with Crippen molar-refractivity contribution in [1.29, 1.82) is 0 Å². The molecule has 43 heavy (non-hydrogen) atoms. The molecule has 228 valence electrons. The number of likely N-dealkylation sites (tertiary alicyclic amines) is 1. The molecular weight excluding hydrogens is 601 g/mol. The minimum atomic E-state index is -4.68. The largest absolute Gasteiger partial charge is 0.497 e. The lowest BCUT2D eigenvalue weighted by atomic mass is 9.78. The van der Waals surface area contributed by atoms with Gasteiger partial charge in [0, 0.05) is 24.6 Å². The molecule has 1 N–H and O–H groups in total. The van der Waals surface area contributed by atoms with Crippen molar-refractivity contribution >= 4 is 39.1 Å². The number of rotatable bonds is 8. The quantitative estimate of drug-likeness (QED) is 0.378. The summed E-state index contributed by atoms with van der Waals surface area (Å²) in [5.74, 6) is -0.868. The van der Waals surface area contributed by atoms with Crippen LogP contribution in [0.25, 0.3) is 0 Å². The molecule has 1 fully saturated rings. The van der Waals surface area contributed by atoms with E-state index in [0.717, 1.165) is 0 Å². The fraction of sp³-hybridized carbons (Fsp3) is 0.333. The molecular formula is C30H32ClFN3O7S+. The van der Waals surface area contributed by atoms with Crippen LogP contribution >= 0.6 is 11.6 Å². The minimum Gasteiger partial charge on any atom is -0.497 e. The number of carbonyl (C=O) groups excluding carboxylic acids is 2. The standard InChI is InChI=1S/C30H31ClFN3O7S/c1-33-28(36)24-15-19(32)17-35(24,2)30(21-8-6-7-9-25(21)41-4)22-14-18(31)10-12-23(22)34(29(30)37)43(38,39)27-13-11-20(40-3)16-26(27)42-5/h6-14,16,19,24H,15,17H2,1-5H3/p+1/t19-,24+,30?,35?/m1/s1. The molecule has 0 bridgehead atoms. The number of halogens is 2. The Labute approximate surface area is 254 Å². The number of para-hydroxylation sites is 1. The van der Waals surface area contributed by atoms with Gasteiger partial charge < -0.3 is 19.5 Å². The molecule has 0 aromatic heterocycles. The molecule has 3 aromatic carbocycles. The molecule has 2 amide bonds. The van der Waals surface area contributed by atoms with Crippen molar-refractivity contribution in [1.82, 2.24) is 5.32 Å². The molecule has 1 saturated heterocycles. The molecule has 0 spiro atoms. The number of likely N-dealkylation sites (N-methyl/N-ethyl adjacent to an activating group) is 2. The van der Waals surface area contributed by atoms with Gasteiger partial charge in [0.15, 0.2) is 12.2 Å². The average molecular weight is 633 g/mol. The van der Waals surface area contributed by atoms with Crippen molar-refractivity contribution in [2.45, 2.75) is 29.1 Å². The number of nitrogens with zero attached hydrogens (tertiary/aromatic N) is 2. The first-order valence-electron chi connectivity index (χ1n) is 13.4. The van der Waals surface area contributed by atoms with E-state index in [1.54, 1.807) is 31.3 Å². The monoisotopic (exact) mass is 632 g/mol. The normalized spacial score (nSPS) is 24.9. The second-order valence-electron chi connectivity index (χ2n) is 10.6. The highest BCUT2D eigenvalue weighted by Crippen LogP contribution is 2.58. The highest BCUT2D eigenvalue weighted by molar-refractivity contribution is 7.93. The number of quaternary nitrogens is 1. The first-order chi connectivity index (χ1) is 20.4. The molecule has 10 nitrogen and oxygen atoms in total. The average Bonchev–Trinajstić information content (AvgIpc) is 3.46. The lowest BCUT2D eigenvalue weighted by molar-refractivity contribution is -0.953. The van der Waals surface area contributed by atoms with Crippen molar-refractivity contribution in [3.05, 3.63) is 76.8 Å². The summed E-state index contributed by atoms with van der Waals surface area (Å²) in [6, 6.07) is 14.1. The third kappa shape index (κ3) is 4.34. The number of nitrogens with one attached hydrogen (secondary N) is 1. The van der Waals surface area contributed by atoms with Crippen LogP contribution < -0.4 is 23.8 Å². The molecule has 13 heteroatoms. The van der Waals surface area contributed by atoms with Gasteiger partial charge in [-0.25, -0.2) is 12.8 Å². The summed E-state index contributed by atoms with van der Waals surface area (Å²) in [6.45, 7) is -0.270. The summed E-state index contributed by atoms with van der Waals surface area (Å²) < 4.78 is 61.2. The van der Waals surface area contributed by atoms with E-state index in [1.807, 2.05) is 0 Å². The number of carbonyl (C=O) groups is 2. The lowest BCUT2D eigenvalue weighted by Crippen LogP contribution is -2.69. The number of anilines is 1. The summed E-state index contributed by atoms with van der Waals surface area (Å²) in [6.07, 6.45) is -1.66. The molecule has 0 radical (unpaired) electrons. The summed E-state index contributed by atoms with van der Waals surface area (Å²) in [4.78, 5) is 28.3. The van der Waals surface area contributed by atoms with E-state index in [9.17, 15) is 13.2 Å². The van der Waals surface area contributed by atoms with Crippen molar-refractivity contribution in [3.63, 3.8) is 0 Å². The van der Waals surface area contributed by atoms with E-state index in [-0.39, 0.29) is 51.2 Å². The Hall–Kier alpha value is -3.87. The van der Waals surface area contributed by atoms with Crippen LogP contribution in [0.4, 0.5) is 10.1 Å². The van der Waals surface area contributed by atoms with Crippen LogP contribution in [0.3, 0.4) is 0 Å². The molecule has 5 rings (SSSR count). The van der Waals surface area contributed by atoms with Gasteiger partial charge in [0.25, 0.3) is 15.9 Å². The number of benzene rings is 3. The molecule has 2 aliphatic rings. The van der Waals surface area contributed by atoms with Gasteiger partial charge in [-0.15, -0.1) is 0 Å². The van der Waals surface area contributed by atoms with E-state index in [4.69, 9.17) is 25.8 Å². The Morgan fingerprint density at radius 1 is 1.02 bits per heavy atom. The number of ether oxygens (including phenoxy) is 3. The van der Waals surface area contributed by atoms with Gasteiger partial charge in [-0.2, -0.15) is 4.31 Å². The number of methoxy groups -OCH3 is 3. The summed E-state index contributed by atoms with van der Waals surface area (Å²) in [7, 11) is 2.50. The van der Waals surface area contributed by atoms with Crippen molar-refractivity contribution in [2.24, 2.45) is 0 Å². The van der Waals surface area contributed by atoms with Crippen LogP contribution in [0.2, 0.25) is 5.02 Å². The van der Waals surface area contributed by atoms with Crippen LogP contribution in [0.1, 0.15) is 17.5 Å². The van der Waals surface area contributed by atoms with E-state index in [2.05, 4.69) is 5.32 Å². The van der Waals surface area contributed by atoms with Gasteiger partial charge in [-0.1, -0.05) is 23.7 Å². The highest BCUT2D eigenvalue weighted by atomic mass is 35.5. The van der Waals surface area contributed by atoms with Gasteiger partial charge in [-0.3, -0.25) is 14.1 Å². The third-order valence-electron chi connectivity index (χ3n) is 8.51. The second-order valence-corrected chi connectivity index (χ2v) is 12.8. The highest BCUT2D eigenvalue weighted by Gasteiger charge is 2.72. The van der Waals surface area contributed by atoms with Crippen molar-refractivity contribution in [2.75, 3.05) is 46.3 Å². The van der Waals surface area contributed by atoms with Crippen LogP contribution in [0.5, 0.6) is 17.2 Å². The Bertz CT molecular complexity index is 1720. The molecule has 0 saturated carbocycles. The van der Waals surface area contributed by atoms with Gasteiger partial charge in [-0.05, 0) is 42.5 Å². The molecule has 0 aliphatic carbocycles. The number of alkyl halides is 1. The molecule has 3 aromatic rings. The van der Waals surface area contributed by atoms with Crippen LogP contribution in [-0.4, -0.2) is 78.9 Å². The molecule has 2 heterocycles. The number of fused-ring (bicyclic) bond motifs is 1. The number of amides is 2. The zero-order valence-corrected chi connectivity index (χ0v) is 25.8. The predicted octanol–water partition coefficient (Wildman–Crippen LogP) is 3.65. The van der Waals surface area contributed by atoms with E-state index in [0.29, 0.717) is 10.1 Å². The van der Waals surface area contributed by atoms with Crippen molar-refractivity contribution < 1.29 is 41.1 Å². The van der Waals surface area contributed by atoms with Crippen LogP contribution in [0, 0.1) is 0 Å². The maximum atomic E-state index is 15.5. The number of hydrogen-bond acceptors (Lipinski definition) is 7. The zero-order chi connectivity index (χ0) is 31.3. The van der Waals surface area contributed by atoms with Crippen LogP contribution in [-0.2, 0) is 25.2 Å². The topological polar surface area (TPSA) is 111 Å². The van der Waals surface area contributed by atoms with Gasteiger partial charge in [0.05, 0.1) is 45.2 Å². The Morgan fingerprint density at radius 2 is 1.72 bits per heavy atom. The number of sulfonamides is 1. The van der Waals surface area contributed by atoms with Crippen LogP contribution in [0.15, 0.2) is 65.6 Å². The molecule has 2 unspecified atom stereocenters. The maximum absolute atomic E-state index is 15.5. The summed E-state index contributed by atoms with van der Waals surface area (Å²) in [5.41, 5.74) is -1.51. The minimum absolute atomic E-state index is 0.00971. The summed E-state index contributed by atoms with van der Waals surface area (Å²) >= 11 is 6.52. The fourth-order valence-corrected chi connectivity index (χ4v) is 8.41. The SMILES string of the molecule is CNC(=O)[C@@H]1C[C@@H](F)C[N+]1(C)C1(c2ccccc2OC)C(=O)N(S(=O)(=O)c2ccc(OC)cc2OC)c2ccc(Cl)cc21. The van der Waals surface area contributed by atoms with E-state index < -0.39 is 44.1 Å². The smallest absolute Gasteiger partial charge is 0.312 e. The Morgan fingerprint density at radius 3 is 2.37 bits per heavy atom. The Kier molecular flexibility index (Phi) is 7.82. The van der Waals surface area contributed by atoms with E-state index >= 15 is 9.18 Å². The second kappa shape index (κ2) is 11.0.